The fourth-order valence-corrected chi connectivity index (χ4v) is 1.99. The number of hydrogen-bond acceptors (Lipinski definition) is 3. The molecule has 0 saturated carbocycles. The molecule has 2 rings (SSSR count). The van der Waals surface area contributed by atoms with Crippen LogP contribution < -0.4 is 5.32 Å². The number of nitrogens with one attached hydrogen (secondary N) is 1. The Morgan fingerprint density at radius 3 is 2.77 bits per heavy atom. The predicted octanol–water partition coefficient (Wildman–Crippen LogP) is 2.23. The van der Waals surface area contributed by atoms with E-state index in [2.05, 4.69) is 5.32 Å². The molecule has 70 valence electrons. The summed E-state index contributed by atoms with van der Waals surface area (Å²) in [5, 5.41) is 12.7. The summed E-state index contributed by atoms with van der Waals surface area (Å²) in [6, 6.07) is 6.07. The number of rotatable bonds is 2. The molecule has 0 amide bonds. The first-order chi connectivity index (χ1) is 6.25. The van der Waals surface area contributed by atoms with Crippen molar-refractivity contribution in [2.45, 2.75) is 13.0 Å². The summed E-state index contributed by atoms with van der Waals surface area (Å²) < 4.78 is 0. The number of phenolic OH excluding ortho intramolecular Hbond substituents is 1. The highest BCUT2D eigenvalue weighted by Gasteiger charge is 2.17. The molecule has 1 aromatic carbocycles. The van der Waals surface area contributed by atoms with Crippen LogP contribution in [0.5, 0.6) is 5.75 Å². The van der Waals surface area contributed by atoms with Gasteiger partial charge in [-0.3, -0.25) is 0 Å². The first-order valence-corrected chi connectivity index (χ1v) is 5.55. The quantitative estimate of drug-likeness (QED) is 0.710. The standard InChI is InChI=1S/C10H13NOS/c1-7-4-9(12)2-3-10(7)11-8-5-13-6-8/h2-4,8,11-12H,5-6H2,1H3. The predicted molar refractivity (Wildman–Crippen MR) is 57.6 cm³/mol. The van der Waals surface area contributed by atoms with Crippen molar-refractivity contribution < 1.29 is 5.11 Å². The Kier molecular flexibility index (Phi) is 2.36. The number of aromatic hydroxyl groups is 1. The second kappa shape index (κ2) is 3.50. The molecule has 13 heavy (non-hydrogen) atoms. The van der Waals surface area contributed by atoms with Crippen molar-refractivity contribution in [3.8, 4) is 5.75 Å². The van der Waals surface area contributed by atoms with Gasteiger partial charge in [-0.05, 0) is 30.7 Å². The molecule has 0 unspecified atom stereocenters. The topological polar surface area (TPSA) is 32.3 Å². The molecular formula is C10H13NOS. The molecule has 0 bridgehead atoms. The third-order valence-electron chi connectivity index (χ3n) is 2.21. The minimum Gasteiger partial charge on any atom is -0.508 e. The van der Waals surface area contributed by atoms with Gasteiger partial charge in [0.05, 0.1) is 0 Å². The second-order valence-electron chi connectivity index (χ2n) is 3.38. The first kappa shape index (κ1) is 8.75. The van der Waals surface area contributed by atoms with Crippen LogP contribution in [0.15, 0.2) is 18.2 Å². The Morgan fingerprint density at radius 1 is 1.46 bits per heavy atom. The largest absolute Gasteiger partial charge is 0.508 e. The van der Waals surface area contributed by atoms with E-state index >= 15 is 0 Å². The maximum Gasteiger partial charge on any atom is 0.115 e. The zero-order valence-electron chi connectivity index (χ0n) is 7.58. The number of anilines is 1. The summed E-state index contributed by atoms with van der Waals surface area (Å²) in [7, 11) is 0. The van der Waals surface area contributed by atoms with E-state index in [4.69, 9.17) is 0 Å². The summed E-state index contributed by atoms with van der Waals surface area (Å²) in [4.78, 5) is 0. The van der Waals surface area contributed by atoms with E-state index in [0.717, 1.165) is 11.3 Å². The molecule has 1 heterocycles. The SMILES string of the molecule is Cc1cc(O)ccc1NC1CSC1. The van der Waals surface area contributed by atoms with Gasteiger partial charge in [-0.2, -0.15) is 11.8 Å². The van der Waals surface area contributed by atoms with Crippen molar-refractivity contribution in [3.63, 3.8) is 0 Å². The van der Waals surface area contributed by atoms with E-state index in [1.807, 2.05) is 24.8 Å². The third-order valence-corrected chi connectivity index (χ3v) is 3.48. The lowest BCUT2D eigenvalue weighted by atomic mass is 10.2. The molecular weight excluding hydrogens is 182 g/mol. The average Bonchev–Trinajstić information content (AvgIpc) is 1.99. The Hall–Kier alpha value is -0.830. The number of benzene rings is 1. The van der Waals surface area contributed by atoms with Gasteiger partial charge in [-0.15, -0.1) is 0 Å². The Morgan fingerprint density at radius 2 is 2.23 bits per heavy atom. The fourth-order valence-electron chi connectivity index (χ4n) is 1.35. The minimum atomic E-state index is 0.339. The van der Waals surface area contributed by atoms with Gasteiger partial charge >= 0.3 is 0 Å². The van der Waals surface area contributed by atoms with Crippen molar-refractivity contribution in [1.29, 1.82) is 0 Å². The van der Waals surface area contributed by atoms with Crippen LogP contribution in [0.4, 0.5) is 5.69 Å². The summed E-state index contributed by atoms with van der Waals surface area (Å²) in [5.41, 5.74) is 2.25. The van der Waals surface area contributed by atoms with Crippen molar-refractivity contribution >= 4 is 17.4 Å². The van der Waals surface area contributed by atoms with Gasteiger partial charge in [0.2, 0.25) is 0 Å². The molecule has 3 heteroatoms. The maximum absolute atomic E-state index is 9.21. The highest BCUT2D eigenvalue weighted by atomic mass is 32.2. The Bertz CT molecular complexity index is 310. The molecule has 1 aliphatic heterocycles. The average molecular weight is 195 g/mol. The summed E-state index contributed by atoms with van der Waals surface area (Å²) in [5.74, 6) is 2.73. The van der Waals surface area contributed by atoms with E-state index in [0.29, 0.717) is 11.8 Å². The van der Waals surface area contributed by atoms with Crippen molar-refractivity contribution in [2.75, 3.05) is 16.8 Å². The number of thioether (sulfide) groups is 1. The van der Waals surface area contributed by atoms with Crippen molar-refractivity contribution in [2.24, 2.45) is 0 Å². The molecule has 1 aromatic rings. The zero-order chi connectivity index (χ0) is 9.26. The van der Waals surface area contributed by atoms with Gasteiger partial charge in [-0.1, -0.05) is 0 Å². The van der Waals surface area contributed by atoms with Crippen LogP contribution in [-0.4, -0.2) is 22.7 Å². The molecule has 1 saturated heterocycles. The number of phenols is 1. The van der Waals surface area contributed by atoms with Gasteiger partial charge in [0.15, 0.2) is 0 Å². The van der Waals surface area contributed by atoms with E-state index < -0.39 is 0 Å². The molecule has 1 aliphatic rings. The Balaban J connectivity index is 2.10. The maximum atomic E-state index is 9.21. The molecule has 0 radical (unpaired) electrons. The van der Waals surface area contributed by atoms with Crippen LogP contribution in [-0.2, 0) is 0 Å². The van der Waals surface area contributed by atoms with Crippen LogP contribution >= 0.6 is 11.8 Å². The fraction of sp³-hybridized carbons (Fsp3) is 0.400. The second-order valence-corrected chi connectivity index (χ2v) is 4.45. The molecule has 2 N–H and O–H groups in total. The van der Waals surface area contributed by atoms with E-state index in [1.54, 1.807) is 12.1 Å². The molecule has 0 spiro atoms. The van der Waals surface area contributed by atoms with Crippen LogP contribution in [0.3, 0.4) is 0 Å². The lowest BCUT2D eigenvalue weighted by Gasteiger charge is -2.27. The van der Waals surface area contributed by atoms with E-state index in [9.17, 15) is 5.11 Å². The highest BCUT2D eigenvalue weighted by Crippen LogP contribution is 2.25. The van der Waals surface area contributed by atoms with Crippen LogP contribution in [0.25, 0.3) is 0 Å². The number of hydrogen-bond donors (Lipinski definition) is 2. The monoisotopic (exact) mass is 195 g/mol. The molecule has 0 atom stereocenters. The normalized spacial score (nSPS) is 16.7. The third kappa shape index (κ3) is 1.91. The van der Waals surface area contributed by atoms with Crippen molar-refractivity contribution in [1.82, 2.24) is 0 Å². The van der Waals surface area contributed by atoms with E-state index in [1.165, 1.54) is 11.5 Å². The van der Waals surface area contributed by atoms with Gasteiger partial charge in [-0.25, -0.2) is 0 Å². The molecule has 0 aliphatic carbocycles. The first-order valence-electron chi connectivity index (χ1n) is 4.39. The summed E-state index contributed by atoms with van der Waals surface area (Å²) >= 11 is 1.96. The van der Waals surface area contributed by atoms with Crippen LogP contribution in [0.1, 0.15) is 5.56 Å². The minimum absolute atomic E-state index is 0.339. The number of aryl methyl sites for hydroxylation is 1. The molecule has 1 fully saturated rings. The summed E-state index contributed by atoms with van der Waals surface area (Å²) in [6.07, 6.45) is 0. The zero-order valence-corrected chi connectivity index (χ0v) is 8.40. The Labute approximate surface area is 82.4 Å². The highest BCUT2D eigenvalue weighted by molar-refractivity contribution is 8.00. The van der Waals surface area contributed by atoms with Crippen LogP contribution in [0, 0.1) is 6.92 Å². The van der Waals surface area contributed by atoms with Gasteiger partial charge in [0, 0.05) is 23.2 Å². The smallest absolute Gasteiger partial charge is 0.115 e. The lowest BCUT2D eigenvalue weighted by molar-refractivity contribution is 0.475. The van der Waals surface area contributed by atoms with Crippen LogP contribution in [0.2, 0.25) is 0 Å². The van der Waals surface area contributed by atoms with E-state index in [-0.39, 0.29) is 0 Å². The van der Waals surface area contributed by atoms with Crippen molar-refractivity contribution in [3.05, 3.63) is 23.8 Å². The molecule has 0 aromatic heterocycles. The van der Waals surface area contributed by atoms with Gasteiger partial charge in [0.1, 0.15) is 5.75 Å². The van der Waals surface area contributed by atoms with Gasteiger partial charge < -0.3 is 10.4 Å². The van der Waals surface area contributed by atoms with Gasteiger partial charge in [0.25, 0.3) is 0 Å². The lowest BCUT2D eigenvalue weighted by Crippen LogP contribution is -2.33. The summed E-state index contributed by atoms with van der Waals surface area (Å²) in [6.45, 7) is 2.01. The molecule has 2 nitrogen and oxygen atoms in total.